The summed E-state index contributed by atoms with van der Waals surface area (Å²) in [5.41, 5.74) is 2.52. The molecule has 1 aliphatic rings. The number of para-hydroxylation sites is 1. The van der Waals surface area contributed by atoms with Crippen molar-refractivity contribution in [3.63, 3.8) is 0 Å². The molecule has 0 spiro atoms. The second-order valence-corrected chi connectivity index (χ2v) is 5.04. The van der Waals surface area contributed by atoms with Crippen LogP contribution in [0.4, 0.5) is 0 Å². The predicted octanol–water partition coefficient (Wildman–Crippen LogP) is 4.26. The van der Waals surface area contributed by atoms with Gasteiger partial charge in [0.15, 0.2) is 0 Å². The molecule has 1 aliphatic carbocycles. The van der Waals surface area contributed by atoms with Crippen molar-refractivity contribution in [2.24, 2.45) is 5.92 Å². The predicted molar refractivity (Wildman–Crippen MR) is 68.0 cm³/mol. The number of aryl methyl sites for hydroxylation is 2. The third kappa shape index (κ3) is 2.78. The van der Waals surface area contributed by atoms with E-state index >= 15 is 0 Å². The Hall–Kier alpha value is -0.980. The first kappa shape index (κ1) is 11.5. The van der Waals surface area contributed by atoms with Gasteiger partial charge in [0.1, 0.15) is 5.75 Å². The number of hydrogen-bond donors (Lipinski definition) is 0. The monoisotopic (exact) mass is 218 g/mol. The lowest BCUT2D eigenvalue weighted by Crippen LogP contribution is -2.15. The summed E-state index contributed by atoms with van der Waals surface area (Å²) >= 11 is 0. The molecule has 0 aliphatic heterocycles. The third-order valence-electron chi connectivity index (χ3n) is 3.60. The van der Waals surface area contributed by atoms with Gasteiger partial charge in [-0.2, -0.15) is 0 Å². The highest BCUT2D eigenvalue weighted by atomic mass is 16.5. The average Bonchev–Trinajstić information content (AvgIpc) is 2.30. The van der Waals surface area contributed by atoms with Gasteiger partial charge in [-0.05, 0) is 43.7 Å². The second-order valence-electron chi connectivity index (χ2n) is 5.04. The van der Waals surface area contributed by atoms with Gasteiger partial charge in [0.2, 0.25) is 0 Å². The lowest BCUT2D eigenvalue weighted by molar-refractivity contribution is 0.207. The summed E-state index contributed by atoms with van der Waals surface area (Å²) in [6.45, 7) is 5.16. The van der Waals surface area contributed by atoms with E-state index < -0.39 is 0 Å². The molecule has 1 saturated carbocycles. The fourth-order valence-electron chi connectivity index (χ4n) is 2.58. The van der Waals surface area contributed by atoms with Crippen LogP contribution < -0.4 is 4.74 Å². The number of rotatable bonds is 3. The van der Waals surface area contributed by atoms with Crippen molar-refractivity contribution in [1.82, 2.24) is 0 Å². The molecule has 0 amide bonds. The van der Waals surface area contributed by atoms with Crippen LogP contribution in [-0.4, -0.2) is 6.61 Å². The van der Waals surface area contributed by atoms with Gasteiger partial charge >= 0.3 is 0 Å². The zero-order valence-corrected chi connectivity index (χ0v) is 10.5. The van der Waals surface area contributed by atoms with E-state index in [1.165, 1.54) is 43.2 Å². The molecule has 1 fully saturated rings. The first-order chi connectivity index (χ1) is 7.77. The van der Waals surface area contributed by atoms with Crippen LogP contribution in [-0.2, 0) is 0 Å². The molecule has 16 heavy (non-hydrogen) atoms. The smallest absolute Gasteiger partial charge is 0.125 e. The Balaban J connectivity index is 1.93. The highest BCUT2D eigenvalue weighted by molar-refractivity contribution is 5.39. The molecule has 0 bridgehead atoms. The van der Waals surface area contributed by atoms with E-state index in [9.17, 15) is 0 Å². The SMILES string of the molecule is Cc1cccc(C)c1OCC1CCCCC1. The van der Waals surface area contributed by atoms with Crippen molar-refractivity contribution in [3.05, 3.63) is 29.3 Å². The van der Waals surface area contributed by atoms with E-state index in [1.807, 2.05) is 0 Å². The Labute approximate surface area is 98.8 Å². The third-order valence-corrected chi connectivity index (χ3v) is 3.60. The van der Waals surface area contributed by atoms with Crippen molar-refractivity contribution in [2.75, 3.05) is 6.61 Å². The summed E-state index contributed by atoms with van der Waals surface area (Å²) < 4.78 is 6.01. The van der Waals surface area contributed by atoms with Crippen LogP contribution in [0.3, 0.4) is 0 Å². The van der Waals surface area contributed by atoms with Crippen molar-refractivity contribution in [1.29, 1.82) is 0 Å². The van der Waals surface area contributed by atoms with Gasteiger partial charge in [-0.25, -0.2) is 0 Å². The minimum absolute atomic E-state index is 0.785. The maximum Gasteiger partial charge on any atom is 0.125 e. The zero-order valence-electron chi connectivity index (χ0n) is 10.5. The van der Waals surface area contributed by atoms with Crippen LogP contribution in [0.2, 0.25) is 0 Å². The normalized spacial score (nSPS) is 17.4. The van der Waals surface area contributed by atoms with Gasteiger partial charge in [0, 0.05) is 0 Å². The molecular formula is C15H22O. The summed E-state index contributed by atoms with van der Waals surface area (Å²) in [5.74, 6) is 1.89. The van der Waals surface area contributed by atoms with E-state index in [1.54, 1.807) is 0 Å². The number of benzene rings is 1. The van der Waals surface area contributed by atoms with Crippen molar-refractivity contribution in [3.8, 4) is 5.75 Å². The molecule has 0 heterocycles. The van der Waals surface area contributed by atoms with Crippen LogP contribution in [0.5, 0.6) is 5.75 Å². The average molecular weight is 218 g/mol. The Morgan fingerprint density at radius 1 is 1.06 bits per heavy atom. The number of hydrogen-bond acceptors (Lipinski definition) is 1. The Morgan fingerprint density at radius 2 is 1.69 bits per heavy atom. The van der Waals surface area contributed by atoms with E-state index in [0.717, 1.165) is 18.3 Å². The molecule has 0 N–H and O–H groups in total. The molecule has 0 atom stereocenters. The molecule has 0 saturated heterocycles. The highest BCUT2D eigenvalue weighted by Gasteiger charge is 2.14. The molecule has 0 unspecified atom stereocenters. The quantitative estimate of drug-likeness (QED) is 0.736. The molecule has 1 nitrogen and oxygen atoms in total. The molecule has 1 heteroatoms. The van der Waals surface area contributed by atoms with E-state index in [0.29, 0.717) is 0 Å². The van der Waals surface area contributed by atoms with Crippen molar-refractivity contribution >= 4 is 0 Å². The first-order valence-corrected chi connectivity index (χ1v) is 6.46. The molecular weight excluding hydrogens is 196 g/mol. The molecule has 0 radical (unpaired) electrons. The largest absolute Gasteiger partial charge is 0.493 e. The van der Waals surface area contributed by atoms with Crippen LogP contribution in [0.15, 0.2) is 18.2 Å². The molecule has 0 aromatic heterocycles. The Morgan fingerprint density at radius 3 is 2.31 bits per heavy atom. The minimum Gasteiger partial charge on any atom is -0.493 e. The van der Waals surface area contributed by atoms with Crippen LogP contribution in [0.1, 0.15) is 43.2 Å². The van der Waals surface area contributed by atoms with Gasteiger partial charge in [0.05, 0.1) is 6.61 Å². The van der Waals surface area contributed by atoms with Gasteiger partial charge in [0.25, 0.3) is 0 Å². The molecule has 1 aromatic carbocycles. The second kappa shape index (κ2) is 5.38. The van der Waals surface area contributed by atoms with Gasteiger partial charge in [-0.1, -0.05) is 37.5 Å². The fourth-order valence-corrected chi connectivity index (χ4v) is 2.58. The lowest BCUT2D eigenvalue weighted by atomic mass is 9.90. The van der Waals surface area contributed by atoms with Gasteiger partial charge < -0.3 is 4.74 Å². The Bertz CT molecular complexity index is 317. The van der Waals surface area contributed by atoms with Crippen molar-refractivity contribution in [2.45, 2.75) is 46.0 Å². The van der Waals surface area contributed by atoms with E-state index in [4.69, 9.17) is 4.74 Å². The van der Waals surface area contributed by atoms with Gasteiger partial charge in [-0.3, -0.25) is 0 Å². The van der Waals surface area contributed by atoms with E-state index in [2.05, 4.69) is 32.0 Å². The van der Waals surface area contributed by atoms with Crippen LogP contribution in [0, 0.1) is 19.8 Å². The lowest BCUT2D eigenvalue weighted by Gasteiger charge is -2.22. The molecule has 2 rings (SSSR count). The summed E-state index contributed by atoms with van der Waals surface area (Å²) in [4.78, 5) is 0. The fraction of sp³-hybridized carbons (Fsp3) is 0.600. The maximum atomic E-state index is 6.01. The Kier molecular flexibility index (Phi) is 3.87. The maximum absolute atomic E-state index is 6.01. The van der Waals surface area contributed by atoms with Crippen LogP contribution >= 0.6 is 0 Å². The first-order valence-electron chi connectivity index (χ1n) is 6.46. The summed E-state index contributed by atoms with van der Waals surface area (Å²) in [5, 5.41) is 0. The van der Waals surface area contributed by atoms with E-state index in [-0.39, 0.29) is 0 Å². The standard InChI is InChI=1S/C15H22O/c1-12-7-6-8-13(2)15(12)16-11-14-9-4-3-5-10-14/h6-8,14H,3-5,9-11H2,1-2H3. The molecule has 1 aromatic rings. The molecule has 88 valence electrons. The highest BCUT2D eigenvalue weighted by Crippen LogP contribution is 2.27. The minimum atomic E-state index is 0.785. The van der Waals surface area contributed by atoms with Crippen molar-refractivity contribution < 1.29 is 4.74 Å². The summed E-state index contributed by atoms with van der Waals surface area (Å²) in [6.07, 6.45) is 6.90. The van der Waals surface area contributed by atoms with Gasteiger partial charge in [-0.15, -0.1) is 0 Å². The summed E-state index contributed by atoms with van der Waals surface area (Å²) in [7, 11) is 0. The summed E-state index contributed by atoms with van der Waals surface area (Å²) in [6, 6.07) is 6.35. The number of ether oxygens (including phenoxy) is 1. The van der Waals surface area contributed by atoms with Crippen LogP contribution in [0.25, 0.3) is 0 Å². The zero-order chi connectivity index (χ0) is 11.4. The topological polar surface area (TPSA) is 9.23 Å².